The predicted octanol–water partition coefficient (Wildman–Crippen LogP) is 4.12. The molecule has 2 rings (SSSR count). The summed E-state index contributed by atoms with van der Waals surface area (Å²) in [5.74, 6) is 0. The predicted molar refractivity (Wildman–Crippen MR) is 78.5 cm³/mol. The average molecular weight is 313 g/mol. The zero-order chi connectivity index (χ0) is 12.1. The maximum Gasteiger partial charge on any atom is 0.0938 e. The van der Waals surface area contributed by atoms with E-state index in [0.29, 0.717) is 0 Å². The fourth-order valence-corrected chi connectivity index (χ4v) is 3.39. The third-order valence-corrected chi connectivity index (χ3v) is 4.31. The largest absolute Gasteiger partial charge is 0.330 e. The van der Waals surface area contributed by atoms with Gasteiger partial charge in [-0.2, -0.15) is 0 Å². The summed E-state index contributed by atoms with van der Waals surface area (Å²) in [6, 6.07) is 6.27. The summed E-state index contributed by atoms with van der Waals surface area (Å²) in [5.41, 5.74) is 6.59. The number of hydrogen-bond donors (Lipinski definition) is 1. The normalized spacial score (nSPS) is 11.2. The first kappa shape index (κ1) is 13.0. The van der Waals surface area contributed by atoms with Gasteiger partial charge in [0.1, 0.15) is 0 Å². The highest BCUT2D eigenvalue weighted by molar-refractivity contribution is 9.10. The minimum absolute atomic E-state index is 0.815. The van der Waals surface area contributed by atoms with Crippen LogP contribution in [0.4, 0.5) is 0 Å². The maximum absolute atomic E-state index is 5.47. The summed E-state index contributed by atoms with van der Waals surface area (Å²) in [4.78, 5) is 4.64. The summed E-state index contributed by atoms with van der Waals surface area (Å²) < 4.78 is 2.40. The fraction of sp³-hybridized carbons (Fsp3) is 0.462. The van der Waals surface area contributed by atoms with Gasteiger partial charge in [-0.3, -0.25) is 0 Å². The second kappa shape index (κ2) is 6.47. The molecule has 0 fully saturated rings. The van der Waals surface area contributed by atoms with E-state index < -0.39 is 0 Å². The molecule has 0 radical (unpaired) electrons. The highest BCUT2D eigenvalue weighted by Crippen LogP contribution is 2.26. The highest BCUT2D eigenvalue weighted by Gasteiger charge is 2.03. The van der Waals surface area contributed by atoms with Crippen molar-refractivity contribution in [2.45, 2.75) is 32.1 Å². The summed E-state index contributed by atoms with van der Waals surface area (Å²) in [7, 11) is 0. The lowest BCUT2D eigenvalue weighted by Crippen LogP contribution is -1.97. The Kier molecular flexibility index (Phi) is 4.95. The van der Waals surface area contributed by atoms with Crippen LogP contribution >= 0.6 is 27.3 Å². The molecule has 0 amide bonds. The van der Waals surface area contributed by atoms with Crippen molar-refractivity contribution in [1.29, 1.82) is 0 Å². The fourth-order valence-electron chi connectivity index (χ4n) is 1.83. The lowest BCUT2D eigenvalue weighted by atomic mass is 10.1. The Morgan fingerprint density at radius 1 is 1.18 bits per heavy atom. The van der Waals surface area contributed by atoms with Crippen molar-refractivity contribution in [2.24, 2.45) is 5.73 Å². The van der Waals surface area contributed by atoms with E-state index in [1.54, 1.807) is 0 Å². The van der Waals surface area contributed by atoms with E-state index in [4.69, 9.17) is 5.73 Å². The zero-order valence-corrected chi connectivity index (χ0v) is 12.2. The van der Waals surface area contributed by atoms with Gasteiger partial charge in [0.05, 0.1) is 15.2 Å². The zero-order valence-electron chi connectivity index (χ0n) is 9.79. The molecule has 1 aromatic carbocycles. The summed E-state index contributed by atoms with van der Waals surface area (Å²) >= 11 is 5.30. The van der Waals surface area contributed by atoms with Crippen molar-refractivity contribution in [1.82, 2.24) is 4.98 Å². The number of thiazole rings is 1. The molecule has 0 saturated carbocycles. The molecule has 17 heavy (non-hydrogen) atoms. The molecule has 0 spiro atoms. The molecule has 1 heterocycles. The van der Waals surface area contributed by atoms with Gasteiger partial charge < -0.3 is 5.73 Å². The first-order valence-electron chi connectivity index (χ1n) is 6.04. The maximum atomic E-state index is 5.47. The van der Waals surface area contributed by atoms with E-state index in [9.17, 15) is 0 Å². The van der Waals surface area contributed by atoms with Gasteiger partial charge in [0.25, 0.3) is 0 Å². The molecule has 0 atom stereocenters. The topological polar surface area (TPSA) is 38.9 Å². The Hall–Kier alpha value is -0.450. The summed E-state index contributed by atoms with van der Waals surface area (Å²) in [6.45, 7) is 0.815. The molecule has 1 aromatic heterocycles. The first-order valence-corrected chi connectivity index (χ1v) is 7.65. The molecule has 0 bridgehead atoms. The van der Waals surface area contributed by atoms with Gasteiger partial charge in [0, 0.05) is 4.47 Å². The number of nitrogens with zero attached hydrogens (tertiary/aromatic N) is 1. The minimum Gasteiger partial charge on any atom is -0.330 e. The lowest BCUT2D eigenvalue weighted by Gasteiger charge is -1.97. The van der Waals surface area contributed by atoms with Gasteiger partial charge in [-0.15, -0.1) is 11.3 Å². The van der Waals surface area contributed by atoms with Crippen LogP contribution in [0.5, 0.6) is 0 Å². The highest BCUT2D eigenvalue weighted by atomic mass is 79.9. The van der Waals surface area contributed by atoms with E-state index in [1.807, 2.05) is 17.4 Å². The minimum atomic E-state index is 0.815. The van der Waals surface area contributed by atoms with Gasteiger partial charge >= 0.3 is 0 Å². The molecule has 0 aliphatic carbocycles. The second-order valence-corrected chi connectivity index (χ2v) is 6.20. The molecular formula is C13H17BrN2S. The van der Waals surface area contributed by atoms with Crippen LogP contribution in [0, 0.1) is 0 Å². The number of aromatic nitrogens is 1. The smallest absolute Gasteiger partial charge is 0.0938 e. The monoisotopic (exact) mass is 312 g/mol. The Morgan fingerprint density at radius 2 is 2.00 bits per heavy atom. The Bertz CT molecular complexity index is 481. The first-order chi connectivity index (χ1) is 8.29. The summed E-state index contributed by atoms with van der Waals surface area (Å²) in [5, 5.41) is 1.26. The number of fused-ring (bicyclic) bond motifs is 1. The van der Waals surface area contributed by atoms with Crippen LogP contribution in [0.15, 0.2) is 22.7 Å². The molecule has 0 aliphatic heterocycles. The molecular weight excluding hydrogens is 296 g/mol. The number of halogens is 1. The van der Waals surface area contributed by atoms with Crippen molar-refractivity contribution in [3.05, 3.63) is 27.7 Å². The molecule has 2 nitrogen and oxygen atoms in total. The second-order valence-electron chi connectivity index (χ2n) is 4.17. The third kappa shape index (κ3) is 3.76. The van der Waals surface area contributed by atoms with E-state index in [2.05, 4.69) is 33.0 Å². The Morgan fingerprint density at radius 3 is 2.82 bits per heavy atom. The molecule has 4 heteroatoms. The third-order valence-electron chi connectivity index (χ3n) is 2.74. The molecule has 0 saturated heterocycles. The molecule has 2 aromatic rings. The molecule has 0 aliphatic rings. The molecule has 2 N–H and O–H groups in total. The van der Waals surface area contributed by atoms with Crippen molar-refractivity contribution in [2.75, 3.05) is 6.54 Å². The standard InChI is InChI=1S/C13H17BrN2S/c14-10-6-7-11-12(9-10)17-13(16-11)5-3-1-2-4-8-15/h6-7,9H,1-5,8,15H2. The van der Waals surface area contributed by atoms with Gasteiger partial charge in [-0.25, -0.2) is 4.98 Å². The van der Waals surface area contributed by atoms with Crippen LogP contribution in [0.25, 0.3) is 10.2 Å². The summed E-state index contributed by atoms with van der Waals surface area (Å²) in [6.07, 6.45) is 5.97. The lowest BCUT2D eigenvalue weighted by molar-refractivity contribution is 0.646. The van der Waals surface area contributed by atoms with Crippen molar-refractivity contribution in [3.63, 3.8) is 0 Å². The SMILES string of the molecule is NCCCCCCc1nc2ccc(Br)cc2s1. The van der Waals surface area contributed by atoms with E-state index in [1.165, 1.54) is 29.0 Å². The van der Waals surface area contributed by atoms with E-state index >= 15 is 0 Å². The van der Waals surface area contributed by atoms with Gasteiger partial charge in [-0.05, 0) is 44.0 Å². The number of rotatable bonds is 6. The number of benzene rings is 1. The molecule has 0 unspecified atom stereocenters. The van der Waals surface area contributed by atoms with Crippen LogP contribution in [0.2, 0.25) is 0 Å². The number of aryl methyl sites for hydroxylation is 1. The van der Waals surface area contributed by atoms with E-state index in [-0.39, 0.29) is 0 Å². The van der Waals surface area contributed by atoms with E-state index in [0.717, 1.165) is 29.4 Å². The van der Waals surface area contributed by atoms with Crippen LogP contribution in [0.3, 0.4) is 0 Å². The van der Waals surface area contributed by atoms with Crippen molar-refractivity contribution < 1.29 is 0 Å². The van der Waals surface area contributed by atoms with Crippen molar-refractivity contribution in [3.8, 4) is 0 Å². The van der Waals surface area contributed by atoms with Crippen LogP contribution in [0.1, 0.15) is 30.7 Å². The Labute approximate surface area is 114 Å². The van der Waals surface area contributed by atoms with Gasteiger partial charge in [0.2, 0.25) is 0 Å². The van der Waals surface area contributed by atoms with Crippen LogP contribution in [-0.4, -0.2) is 11.5 Å². The van der Waals surface area contributed by atoms with Crippen molar-refractivity contribution >= 4 is 37.5 Å². The number of hydrogen-bond acceptors (Lipinski definition) is 3. The van der Waals surface area contributed by atoms with Crippen LogP contribution < -0.4 is 5.73 Å². The molecule has 92 valence electrons. The van der Waals surface area contributed by atoms with Crippen LogP contribution in [-0.2, 0) is 6.42 Å². The number of unbranched alkanes of at least 4 members (excludes halogenated alkanes) is 3. The average Bonchev–Trinajstić information content (AvgIpc) is 2.70. The quantitative estimate of drug-likeness (QED) is 0.815. The van der Waals surface area contributed by atoms with Gasteiger partial charge in [-0.1, -0.05) is 28.8 Å². The Balaban J connectivity index is 1.91. The van der Waals surface area contributed by atoms with Gasteiger partial charge in [0.15, 0.2) is 0 Å². The number of nitrogens with two attached hydrogens (primary N) is 1.